The number of sulfonamides is 1. The predicted molar refractivity (Wildman–Crippen MR) is 84.5 cm³/mol. The van der Waals surface area contributed by atoms with Gasteiger partial charge < -0.3 is 9.88 Å². The summed E-state index contributed by atoms with van der Waals surface area (Å²) < 4.78 is 29.9. The van der Waals surface area contributed by atoms with Crippen LogP contribution in [0.25, 0.3) is 0 Å². The van der Waals surface area contributed by atoms with Crippen LogP contribution in [0.4, 0.5) is 0 Å². The minimum atomic E-state index is -3.43. The Balaban J connectivity index is 2.14. The number of nitrogens with one attached hydrogen (secondary N) is 2. The van der Waals surface area contributed by atoms with Crippen molar-refractivity contribution >= 4 is 10.0 Å². The summed E-state index contributed by atoms with van der Waals surface area (Å²) in [4.78, 5) is 0.363. The summed E-state index contributed by atoms with van der Waals surface area (Å²) in [6, 6.07) is 1.81. The molecule has 0 bridgehead atoms. The maximum absolute atomic E-state index is 12.6. The van der Waals surface area contributed by atoms with Crippen molar-refractivity contribution in [2.24, 2.45) is 18.9 Å². The molecule has 1 aromatic rings. The van der Waals surface area contributed by atoms with Crippen LogP contribution in [0.1, 0.15) is 38.8 Å². The Hall–Kier alpha value is -0.850. The Morgan fingerprint density at radius 3 is 2.67 bits per heavy atom. The maximum atomic E-state index is 12.6. The summed E-state index contributed by atoms with van der Waals surface area (Å²) in [5, 5.41) is 3.05. The number of aryl methyl sites for hydroxylation is 1. The van der Waals surface area contributed by atoms with Crippen LogP contribution in [0.15, 0.2) is 17.2 Å². The van der Waals surface area contributed by atoms with Crippen molar-refractivity contribution in [3.63, 3.8) is 0 Å². The van der Waals surface area contributed by atoms with Gasteiger partial charge in [0.1, 0.15) is 0 Å². The second-order valence-electron chi connectivity index (χ2n) is 6.14. The van der Waals surface area contributed by atoms with Crippen LogP contribution >= 0.6 is 0 Å². The van der Waals surface area contributed by atoms with E-state index in [4.69, 9.17) is 0 Å². The van der Waals surface area contributed by atoms with Crippen molar-refractivity contribution in [3.8, 4) is 0 Å². The van der Waals surface area contributed by atoms with Gasteiger partial charge in [-0.2, -0.15) is 0 Å². The molecule has 1 fully saturated rings. The third-order valence-corrected chi connectivity index (χ3v) is 6.27. The van der Waals surface area contributed by atoms with Gasteiger partial charge in [-0.1, -0.05) is 20.3 Å². The highest BCUT2D eigenvalue weighted by Crippen LogP contribution is 2.34. The van der Waals surface area contributed by atoms with Crippen molar-refractivity contribution in [2.45, 2.75) is 50.6 Å². The van der Waals surface area contributed by atoms with Crippen molar-refractivity contribution in [1.29, 1.82) is 0 Å². The van der Waals surface area contributed by atoms with E-state index in [-0.39, 0.29) is 6.04 Å². The van der Waals surface area contributed by atoms with E-state index in [1.165, 1.54) is 0 Å². The molecule has 2 N–H and O–H groups in total. The van der Waals surface area contributed by atoms with Crippen molar-refractivity contribution in [2.75, 3.05) is 7.05 Å². The van der Waals surface area contributed by atoms with Gasteiger partial charge in [-0.3, -0.25) is 0 Å². The molecular formula is C15H27N3O2S. The molecule has 0 aliphatic heterocycles. The van der Waals surface area contributed by atoms with E-state index in [2.05, 4.69) is 23.9 Å². The van der Waals surface area contributed by atoms with Crippen LogP contribution in [0, 0.1) is 11.8 Å². The molecule has 1 aromatic heterocycles. The minimum absolute atomic E-state index is 0.0629. The first-order valence-corrected chi connectivity index (χ1v) is 9.19. The summed E-state index contributed by atoms with van der Waals surface area (Å²) in [7, 11) is 0.297. The third kappa shape index (κ3) is 3.49. The number of aromatic nitrogens is 1. The molecule has 21 heavy (non-hydrogen) atoms. The van der Waals surface area contributed by atoms with Gasteiger partial charge in [0.25, 0.3) is 0 Å². The smallest absolute Gasteiger partial charge is 0.242 e. The number of hydrogen-bond donors (Lipinski definition) is 2. The summed E-state index contributed by atoms with van der Waals surface area (Å²) in [6.07, 6.45) is 4.86. The second-order valence-corrected chi connectivity index (χ2v) is 7.85. The minimum Gasteiger partial charge on any atom is -0.352 e. The van der Waals surface area contributed by atoms with Gasteiger partial charge in [0, 0.05) is 31.5 Å². The molecule has 3 atom stereocenters. The molecule has 6 heteroatoms. The summed E-state index contributed by atoms with van der Waals surface area (Å²) in [6.45, 7) is 4.99. The van der Waals surface area contributed by atoms with E-state index in [1.54, 1.807) is 12.3 Å². The van der Waals surface area contributed by atoms with Crippen LogP contribution in [0.2, 0.25) is 0 Å². The Kier molecular flexibility index (Phi) is 5.11. The van der Waals surface area contributed by atoms with E-state index in [1.807, 2.05) is 18.7 Å². The Morgan fingerprint density at radius 2 is 2.10 bits per heavy atom. The predicted octanol–water partition coefficient (Wildman–Crippen LogP) is 1.85. The van der Waals surface area contributed by atoms with Crippen LogP contribution in [0.3, 0.4) is 0 Å². The third-order valence-electron chi connectivity index (χ3n) is 4.81. The molecule has 0 saturated heterocycles. The van der Waals surface area contributed by atoms with Gasteiger partial charge in [-0.05, 0) is 37.8 Å². The molecule has 0 spiro atoms. The lowest BCUT2D eigenvalue weighted by atomic mass is 9.94. The molecule has 1 aliphatic rings. The summed E-state index contributed by atoms with van der Waals surface area (Å²) in [5.41, 5.74) is 0.962. The highest BCUT2D eigenvalue weighted by Gasteiger charge is 2.34. The Labute approximate surface area is 128 Å². The number of hydrogen-bond acceptors (Lipinski definition) is 3. The lowest BCUT2D eigenvalue weighted by Gasteiger charge is -2.20. The Bertz CT molecular complexity index is 580. The van der Waals surface area contributed by atoms with Gasteiger partial charge in [-0.25, -0.2) is 13.1 Å². The molecule has 1 aliphatic carbocycles. The highest BCUT2D eigenvalue weighted by atomic mass is 32.2. The van der Waals surface area contributed by atoms with Gasteiger partial charge in [-0.15, -0.1) is 0 Å². The molecular weight excluding hydrogens is 286 g/mol. The normalized spacial score (nSPS) is 26.4. The second kappa shape index (κ2) is 6.50. The average Bonchev–Trinajstić information content (AvgIpc) is 2.96. The zero-order chi connectivity index (χ0) is 15.6. The lowest BCUT2D eigenvalue weighted by Crippen LogP contribution is -2.37. The zero-order valence-corrected chi connectivity index (χ0v) is 14.2. The topological polar surface area (TPSA) is 63.1 Å². The van der Waals surface area contributed by atoms with Crippen LogP contribution in [0.5, 0.6) is 0 Å². The quantitative estimate of drug-likeness (QED) is 0.842. The van der Waals surface area contributed by atoms with Crippen molar-refractivity contribution in [1.82, 2.24) is 14.6 Å². The first-order chi connectivity index (χ1) is 9.89. The Morgan fingerprint density at radius 1 is 1.38 bits per heavy atom. The van der Waals surface area contributed by atoms with Gasteiger partial charge in [0.05, 0.1) is 4.90 Å². The maximum Gasteiger partial charge on any atom is 0.242 e. The van der Waals surface area contributed by atoms with Gasteiger partial charge in [0.15, 0.2) is 0 Å². The van der Waals surface area contributed by atoms with Gasteiger partial charge in [0.2, 0.25) is 10.0 Å². The van der Waals surface area contributed by atoms with Crippen LogP contribution < -0.4 is 10.0 Å². The summed E-state index contributed by atoms with van der Waals surface area (Å²) >= 11 is 0. The SMILES string of the molecule is CCC1CCC(NS(=O)(=O)c2cc(CNC)n(C)c2)C1C. The fraction of sp³-hybridized carbons (Fsp3) is 0.733. The number of nitrogens with zero attached hydrogens (tertiary/aromatic N) is 1. The van der Waals surface area contributed by atoms with Crippen molar-refractivity contribution in [3.05, 3.63) is 18.0 Å². The molecule has 3 unspecified atom stereocenters. The van der Waals surface area contributed by atoms with E-state index < -0.39 is 10.0 Å². The molecule has 0 amide bonds. The monoisotopic (exact) mass is 313 g/mol. The fourth-order valence-corrected chi connectivity index (χ4v) is 4.79. The standard InChI is InChI=1S/C15H27N3O2S/c1-5-12-6-7-15(11(12)2)17-21(19,20)14-8-13(9-16-3)18(4)10-14/h8,10-12,15-17H,5-7,9H2,1-4H3. The first-order valence-electron chi connectivity index (χ1n) is 7.71. The van der Waals surface area contributed by atoms with Crippen molar-refractivity contribution < 1.29 is 8.42 Å². The number of rotatable bonds is 6. The average molecular weight is 313 g/mol. The first kappa shape index (κ1) is 16.5. The fourth-order valence-electron chi connectivity index (χ4n) is 3.34. The zero-order valence-electron chi connectivity index (χ0n) is 13.4. The van der Waals surface area contributed by atoms with E-state index >= 15 is 0 Å². The molecule has 1 saturated carbocycles. The molecule has 1 heterocycles. The van der Waals surface area contributed by atoms with E-state index in [9.17, 15) is 8.42 Å². The molecule has 0 aromatic carbocycles. The van der Waals surface area contributed by atoms with Gasteiger partial charge >= 0.3 is 0 Å². The highest BCUT2D eigenvalue weighted by molar-refractivity contribution is 7.89. The van der Waals surface area contributed by atoms with E-state index in [0.717, 1.165) is 25.0 Å². The van der Waals surface area contributed by atoms with Crippen LogP contribution in [-0.4, -0.2) is 26.1 Å². The largest absolute Gasteiger partial charge is 0.352 e. The van der Waals surface area contributed by atoms with Crippen LogP contribution in [-0.2, 0) is 23.6 Å². The molecule has 5 nitrogen and oxygen atoms in total. The molecule has 120 valence electrons. The lowest BCUT2D eigenvalue weighted by molar-refractivity contribution is 0.368. The summed E-state index contributed by atoms with van der Waals surface area (Å²) in [5.74, 6) is 1.04. The molecule has 2 rings (SSSR count). The van der Waals surface area contributed by atoms with E-state index in [0.29, 0.717) is 23.3 Å². The molecule has 0 radical (unpaired) electrons.